The molecule has 0 spiro atoms. The molecule has 1 N–H and O–H groups in total. The van der Waals surface area contributed by atoms with Gasteiger partial charge < -0.3 is 28.8 Å². The van der Waals surface area contributed by atoms with Crippen LogP contribution in [0.5, 0.6) is 0 Å². The molecule has 1 aliphatic rings. The molecule has 9 nitrogen and oxygen atoms in total. The maximum absolute atomic E-state index is 11.3. The number of aliphatic hydroxyl groups is 1. The fourth-order valence-electron chi connectivity index (χ4n) is 4.21. The van der Waals surface area contributed by atoms with Crippen LogP contribution in [-0.4, -0.2) is 54.5 Å². The molecule has 4 rings (SSSR count). The summed E-state index contributed by atoms with van der Waals surface area (Å²) in [6.07, 6.45) is -4.21. The summed E-state index contributed by atoms with van der Waals surface area (Å²) in [5.41, 5.74) is 2.31. The van der Waals surface area contributed by atoms with Crippen LogP contribution in [0.15, 0.2) is 84.9 Å². The first-order chi connectivity index (χ1) is 18.1. The van der Waals surface area contributed by atoms with Crippen LogP contribution in [0, 0.1) is 10.1 Å². The molecule has 0 unspecified atom stereocenters. The second-order valence-electron chi connectivity index (χ2n) is 8.69. The first kappa shape index (κ1) is 26.9. The molecule has 1 heterocycles. The van der Waals surface area contributed by atoms with E-state index in [0.717, 1.165) is 11.1 Å². The van der Waals surface area contributed by atoms with Crippen LogP contribution in [0.2, 0.25) is 0 Å². The van der Waals surface area contributed by atoms with E-state index < -0.39 is 35.6 Å². The van der Waals surface area contributed by atoms with E-state index in [1.807, 2.05) is 60.7 Å². The van der Waals surface area contributed by atoms with Gasteiger partial charge in [-0.3, -0.25) is 10.1 Å². The summed E-state index contributed by atoms with van der Waals surface area (Å²) < 4.78 is 29.7. The molecule has 1 saturated heterocycles. The molecule has 0 saturated carbocycles. The number of hydrogen-bond donors (Lipinski definition) is 1. The third kappa shape index (κ3) is 7.20. The highest BCUT2D eigenvalue weighted by Gasteiger charge is 2.47. The minimum absolute atomic E-state index is 0.00907. The number of ether oxygens (including phenoxy) is 5. The van der Waals surface area contributed by atoms with Gasteiger partial charge in [-0.1, -0.05) is 72.8 Å². The zero-order valence-corrected chi connectivity index (χ0v) is 20.6. The van der Waals surface area contributed by atoms with Gasteiger partial charge in [-0.2, -0.15) is 0 Å². The van der Waals surface area contributed by atoms with Crippen molar-refractivity contribution in [1.82, 2.24) is 0 Å². The van der Waals surface area contributed by atoms with E-state index in [1.165, 1.54) is 13.2 Å². The quantitative estimate of drug-likeness (QED) is 0.288. The van der Waals surface area contributed by atoms with Gasteiger partial charge in [-0.25, -0.2) is 0 Å². The minimum Gasteiger partial charge on any atom is -0.387 e. The highest BCUT2D eigenvalue weighted by atomic mass is 16.7. The number of rotatable bonds is 12. The van der Waals surface area contributed by atoms with Crippen LogP contribution in [0.1, 0.15) is 16.7 Å². The predicted octanol–water partition coefficient (Wildman–Crippen LogP) is 4.01. The smallest absolute Gasteiger partial charge is 0.274 e. The molecule has 1 aliphatic heterocycles. The summed E-state index contributed by atoms with van der Waals surface area (Å²) in [4.78, 5) is 10.8. The summed E-state index contributed by atoms with van der Waals surface area (Å²) >= 11 is 0. The highest BCUT2D eigenvalue weighted by Crippen LogP contribution is 2.29. The lowest BCUT2D eigenvalue weighted by Gasteiger charge is -2.43. The zero-order chi connectivity index (χ0) is 26.0. The summed E-state index contributed by atoms with van der Waals surface area (Å²) in [6, 6.07) is 25.7. The third-order valence-electron chi connectivity index (χ3n) is 6.15. The first-order valence-electron chi connectivity index (χ1n) is 12.0. The van der Waals surface area contributed by atoms with Crippen molar-refractivity contribution < 1.29 is 33.7 Å². The molecule has 9 heteroatoms. The highest BCUT2D eigenvalue weighted by molar-refractivity contribution is 5.39. The molecule has 1 fully saturated rings. The van der Waals surface area contributed by atoms with Crippen LogP contribution < -0.4 is 0 Å². The van der Waals surface area contributed by atoms with Crippen molar-refractivity contribution in [1.29, 1.82) is 0 Å². The molecular weight excluding hydrogens is 478 g/mol. The van der Waals surface area contributed by atoms with Crippen LogP contribution in [0.25, 0.3) is 0 Å². The van der Waals surface area contributed by atoms with Crippen molar-refractivity contribution in [3.63, 3.8) is 0 Å². The van der Waals surface area contributed by atoms with Crippen LogP contribution >= 0.6 is 0 Å². The van der Waals surface area contributed by atoms with Gasteiger partial charge in [0.05, 0.1) is 36.9 Å². The summed E-state index contributed by atoms with van der Waals surface area (Å²) in [6.45, 7) is 0.508. The van der Waals surface area contributed by atoms with Crippen LogP contribution in [0.3, 0.4) is 0 Å². The SMILES string of the molecule is CO[C@H]1O[C@H](COCc2ccccc2[N+](=O)[O-])[C@H](O)[C@H](OCc2ccccc2)[C@H]1OCc1ccccc1. The fourth-order valence-corrected chi connectivity index (χ4v) is 4.21. The summed E-state index contributed by atoms with van der Waals surface area (Å²) in [5, 5.41) is 22.5. The number of hydrogen-bond acceptors (Lipinski definition) is 8. The Bertz CT molecular complexity index is 1110. The minimum atomic E-state index is -1.10. The number of nitro benzene ring substituents is 1. The van der Waals surface area contributed by atoms with Gasteiger partial charge in [0.15, 0.2) is 6.29 Å². The van der Waals surface area contributed by atoms with E-state index >= 15 is 0 Å². The second-order valence-corrected chi connectivity index (χ2v) is 8.69. The van der Waals surface area contributed by atoms with E-state index in [4.69, 9.17) is 23.7 Å². The van der Waals surface area contributed by atoms with Crippen LogP contribution in [-0.2, 0) is 43.5 Å². The molecule has 0 bridgehead atoms. The lowest BCUT2D eigenvalue weighted by atomic mass is 9.98. The lowest BCUT2D eigenvalue weighted by molar-refractivity contribution is -0.386. The monoisotopic (exact) mass is 509 g/mol. The Balaban J connectivity index is 1.46. The number of benzene rings is 3. The Morgan fingerprint density at radius 2 is 1.41 bits per heavy atom. The maximum atomic E-state index is 11.3. The molecule has 3 aromatic rings. The zero-order valence-electron chi connectivity index (χ0n) is 20.6. The van der Waals surface area contributed by atoms with Crippen molar-refractivity contribution in [2.24, 2.45) is 0 Å². The van der Waals surface area contributed by atoms with Gasteiger partial charge in [0.25, 0.3) is 5.69 Å². The van der Waals surface area contributed by atoms with E-state index in [0.29, 0.717) is 5.56 Å². The van der Waals surface area contributed by atoms with Gasteiger partial charge in [0, 0.05) is 13.2 Å². The molecule has 5 atom stereocenters. The van der Waals surface area contributed by atoms with Gasteiger partial charge >= 0.3 is 0 Å². The normalized spacial score (nSPS) is 23.6. The molecule has 3 aromatic carbocycles. The molecule has 0 amide bonds. The Morgan fingerprint density at radius 1 is 0.838 bits per heavy atom. The Labute approximate surface area is 215 Å². The average molecular weight is 510 g/mol. The largest absolute Gasteiger partial charge is 0.387 e. The first-order valence-corrected chi connectivity index (χ1v) is 12.0. The topological polar surface area (TPSA) is 110 Å². The van der Waals surface area contributed by atoms with Gasteiger partial charge in [0.2, 0.25) is 0 Å². The van der Waals surface area contributed by atoms with E-state index in [2.05, 4.69) is 0 Å². The number of nitrogens with zero attached hydrogens (tertiary/aromatic N) is 1. The molecule has 196 valence electrons. The molecule has 0 aromatic heterocycles. The fraction of sp³-hybridized carbons (Fsp3) is 0.357. The number of aliphatic hydroxyl groups excluding tert-OH is 1. The van der Waals surface area contributed by atoms with Crippen molar-refractivity contribution >= 4 is 5.69 Å². The molecule has 0 aliphatic carbocycles. The van der Waals surface area contributed by atoms with E-state index in [-0.39, 0.29) is 32.1 Å². The van der Waals surface area contributed by atoms with Crippen molar-refractivity contribution in [3.05, 3.63) is 112 Å². The van der Waals surface area contributed by atoms with Gasteiger partial charge in [0.1, 0.15) is 24.4 Å². The summed E-state index contributed by atoms with van der Waals surface area (Å²) in [7, 11) is 1.50. The molecular formula is C28H31NO8. The van der Waals surface area contributed by atoms with Crippen molar-refractivity contribution in [2.75, 3.05) is 13.7 Å². The number of methoxy groups -OCH3 is 1. The van der Waals surface area contributed by atoms with Gasteiger partial charge in [-0.05, 0) is 17.2 Å². The summed E-state index contributed by atoms with van der Waals surface area (Å²) in [5.74, 6) is 0. The molecule has 0 radical (unpaired) electrons. The Kier molecular flexibility index (Phi) is 9.72. The Hall–Kier alpha value is -3.18. The lowest BCUT2D eigenvalue weighted by Crippen LogP contribution is -2.60. The van der Waals surface area contributed by atoms with E-state index in [9.17, 15) is 15.2 Å². The number of nitro groups is 1. The second kappa shape index (κ2) is 13.4. The van der Waals surface area contributed by atoms with Crippen molar-refractivity contribution in [2.45, 2.75) is 50.5 Å². The maximum Gasteiger partial charge on any atom is 0.274 e. The van der Waals surface area contributed by atoms with Crippen molar-refractivity contribution in [3.8, 4) is 0 Å². The standard InChI is InChI=1S/C28H31NO8/c1-33-28-27(36-17-21-12-6-3-7-13-21)26(35-16-20-10-4-2-5-11-20)25(30)24(37-28)19-34-18-22-14-8-9-15-23(22)29(31)32/h2-15,24-28,30H,16-19H2,1H3/t24-,25+,26+,27-,28+/m1/s1. The Morgan fingerprint density at radius 3 is 2.00 bits per heavy atom. The van der Waals surface area contributed by atoms with Crippen LogP contribution in [0.4, 0.5) is 5.69 Å². The average Bonchev–Trinajstić information content (AvgIpc) is 2.93. The molecule has 37 heavy (non-hydrogen) atoms. The van der Waals surface area contributed by atoms with Gasteiger partial charge in [-0.15, -0.1) is 0 Å². The third-order valence-corrected chi connectivity index (χ3v) is 6.15. The number of para-hydroxylation sites is 1. The van der Waals surface area contributed by atoms with E-state index in [1.54, 1.807) is 18.2 Å². The predicted molar refractivity (Wildman–Crippen MR) is 134 cm³/mol.